The first-order chi connectivity index (χ1) is 7.29. The molecule has 0 aliphatic carbocycles. The van der Waals surface area contributed by atoms with E-state index in [0.29, 0.717) is 0 Å². The first kappa shape index (κ1) is 10.4. The van der Waals surface area contributed by atoms with Gasteiger partial charge in [0.15, 0.2) is 0 Å². The van der Waals surface area contributed by atoms with Gasteiger partial charge in [-0.25, -0.2) is 0 Å². The Hall–Kier alpha value is -1.08. The van der Waals surface area contributed by atoms with Gasteiger partial charge in [0, 0.05) is 4.47 Å². The number of hydrogen-bond acceptors (Lipinski definition) is 0. The van der Waals surface area contributed by atoms with Crippen molar-refractivity contribution in [3.63, 3.8) is 0 Å². The van der Waals surface area contributed by atoms with E-state index in [9.17, 15) is 0 Å². The lowest BCUT2D eigenvalue weighted by molar-refractivity contribution is 1.14. The summed E-state index contributed by atoms with van der Waals surface area (Å²) in [7, 11) is 0. The maximum Gasteiger partial charge on any atom is 0.0175 e. The highest BCUT2D eigenvalue weighted by Gasteiger charge is 1.97. The largest absolute Gasteiger partial charge is 0.0613 e. The molecule has 0 saturated heterocycles. The van der Waals surface area contributed by atoms with E-state index in [2.05, 4.69) is 71.4 Å². The Labute approximate surface area is 99.1 Å². The number of aryl methyl sites for hydroxylation is 1. The minimum atomic E-state index is 1.04. The van der Waals surface area contributed by atoms with Gasteiger partial charge in [-0.15, -0.1) is 0 Å². The highest BCUT2D eigenvalue weighted by molar-refractivity contribution is 9.10. The van der Waals surface area contributed by atoms with Crippen molar-refractivity contribution in [3.8, 4) is 11.1 Å². The van der Waals surface area contributed by atoms with Gasteiger partial charge in [-0.05, 0) is 47.4 Å². The molecule has 0 aliphatic heterocycles. The Morgan fingerprint density at radius 3 is 2.20 bits per heavy atom. The van der Waals surface area contributed by atoms with E-state index >= 15 is 0 Å². The molecule has 15 heavy (non-hydrogen) atoms. The molecule has 0 heterocycles. The summed E-state index contributed by atoms with van der Waals surface area (Å²) in [5.41, 5.74) is 3.72. The Morgan fingerprint density at radius 1 is 1.00 bits per heavy atom. The molecule has 0 nitrogen and oxygen atoms in total. The van der Waals surface area contributed by atoms with E-state index in [1.54, 1.807) is 0 Å². The predicted octanol–water partition coefficient (Wildman–Crippen LogP) is 4.48. The van der Waals surface area contributed by atoms with Gasteiger partial charge in [0.25, 0.3) is 0 Å². The molecule has 1 heteroatoms. The quantitative estimate of drug-likeness (QED) is 0.746. The summed E-state index contributed by atoms with van der Waals surface area (Å²) in [4.78, 5) is 0. The third-order valence-electron chi connectivity index (χ3n) is 2.44. The Kier molecular flexibility index (Phi) is 3.22. The first-order valence-electron chi connectivity index (χ1n) is 5.06. The van der Waals surface area contributed by atoms with Crippen molar-refractivity contribution in [1.29, 1.82) is 0 Å². The monoisotopic (exact) mass is 259 g/mol. The van der Waals surface area contributed by atoms with Crippen LogP contribution in [0.3, 0.4) is 0 Å². The molecule has 2 aromatic carbocycles. The van der Waals surface area contributed by atoms with Crippen molar-refractivity contribution in [2.24, 2.45) is 0 Å². The number of hydrogen-bond donors (Lipinski definition) is 0. The molecule has 0 unspecified atom stereocenters. The van der Waals surface area contributed by atoms with Gasteiger partial charge in [0.1, 0.15) is 0 Å². The second-order valence-electron chi connectivity index (χ2n) is 3.46. The van der Waals surface area contributed by atoms with Crippen molar-refractivity contribution in [2.45, 2.75) is 13.3 Å². The zero-order chi connectivity index (χ0) is 10.7. The van der Waals surface area contributed by atoms with E-state index in [-0.39, 0.29) is 0 Å². The number of rotatable bonds is 2. The van der Waals surface area contributed by atoms with Crippen molar-refractivity contribution in [2.75, 3.05) is 0 Å². The molecule has 75 valence electrons. The summed E-state index contributed by atoms with van der Waals surface area (Å²) in [5, 5.41) is 0. The minimum Gasteiger partial charge on any atom is -0.0613 e. The van der Waals surface area contributed by atoms with Crippen LogP contribution in [0, 0.1) is 6.07 Å². The van der Waals surface area contributed by atoms with Crippen LogP contribution in [0.4, 0.5) is 0 Å². The SMILES string of the molecule is CCc1[c]cc(-c2ccc(Br)cc2)cc1. The fourth-order valence-corrected chi connectivity index (χ4v) is 1.76. The zero-order valence-electron chi connectivity index (χ0n) is 8.63. The summed E-state index contributed by atoms with van der Waals surface area (Å²) in [5.74, 6) is 0. The van der Waals surface area contributed by atoms with E-state index in [0.717, 1.165) is 10.9 Å². The van der Waals surface area contributed by atoms with E-state index in [1.807, 2.05) is 0 Å². The van der Waals surface area contributed by atoms with Crippen molar-refractivity contribution in [1.82, 2.24) is 0 Å². The van der Waals surface area contributed by atoms with Gasteiger partial charge in [0.2, 0.25) is 0 Å². The van der Waals surface area contributed by atoms with Crippen molar-refractivity contribution >= 4 is 15.9 Å². The maximum absolute atomic E-state index is 3.43. The van der Waals surface area contributed by atoms with Gasteiger partial charge in [-0.2, -0.15) is 0 Å². The van der Waals surface area contributed by atoms with Crippen LogP contribution in [0.25, 0.3) is 11.1 Å². The molecule has 0 bridgehead atoms. The average Bonchev–Trinajstić information content (AvgIpc) is 2.30. The Bertz CT molecular complexity index is 426. The molecular weight excluding hydrogens is 248 g/mol. The van der Waals surface area contributed by atoms with E-state index < -0.39 is 0 Å². The third-order valence-corrected chi connectivity index (χ3v) is 2.96. The van der Waals surface area contributed by atoms with E-state index in [1.165, 1.54) is 16.7 Å². The Morgan fingerprint density at radius 2 is 1.67 bits per heavy atom. The van der Waals surface area contributed by atoms with Crippen molar-refractivity contribution < 1.29 is 0 Å². The average molecular weight is 260 g/mol. The molecule has 0 amide bonds. The van der Waals surface area contributed by atoms with Gasteiger partial charge in [-0.1, -0.05) is 47.1 Å². The molecule has 0 N–H and O–H groups in total. The third kappa shape index (κ3) is 2.48. The van der Waals surface area contributed by atoms with Crippen molar-refractivity contribution in [3.05, 3.63) is 58.6 Å². The van der Waals surface area contributed by atoms with Gasteiger partial charge in [-0.3, -0.25) is 0 Å². The zero-order valence-corrected chi connectivity index (χ0v) is 10.2. The topological polar surface area (TPSA) is 0 Å². The lowest BCUT2D eigenvalue weighted by Gasteiger charge is -2.02. The molecule has 2 aromatic rings. The molecule has 0 spiro atoms. The van der Waals surface area contributed by atoms with Crippen LogP contribution < -0.4 is 0 Å². The van der Waals surface area contributed by atoms with Crippen LogP contribution in [-0.4, -0.2) is 0 Å². The summed E-state index contributed by atoms with van der Waals surface area (Å²) in [6.07, 6.45) is 1.04. The van der Waals surface area contributed by atoms with Crippen LogP contribution in [0.5, 0.6) is 0 Å². The highest BCUT2D eigenvalue weighted by Crippen LogP contribution is 2.21. The lowest BCUT2D eigenvalue weighted by atomic mass is 10.0. The molecule has 0 atom stereocenters. The molecule has 0 fully saturated rings. The molecular formula is C14H12Br. The smallest absolute Gasteiger partial charge is 0.0175 e. The molecule has 1 radical (unpaired) electrons. The van der Waals surface area contributed by atoms with Gasteiger partial charge < -0.3 is 0 Å². The first-order valence-corrected chi connectivity index (χ1v) is 5.85. The molecule has 0 saturated carbocycles. The highest BCUT2D eigenvalue weighted by atomic mass is 79.9. The van der Waals surface area contributed by atoms with Crippen LogP contribution in [0.1, 0.15) is 12.5 Å². The summed E-state index contributed by atoms with van der Waals surface area (Å²) in [6.45, 7) is 2.14. The van der Waals surface area contributed by atoms with Crippen LogP contribution in [0.15, 0.2) is 46.9 Å². The fourth-order valence-electron chi connectivity index (χ4n) is 1.50. The van der Waals surface area contributed by atoms with Crippen LogP contribution in [-0.2, 0) is 6.42 Å². The summed E-state index contributed by atoms with van der Waals surface area (Å²) >= 11 is 3.43. The molecule has 2 rings (SSSR count). The summed E-state index contributed by atoms with van der Waals surface area (Å²) < 4.78 is 1.11. The normalized spacial score (nSPS) is 10.3. The lowest BCUT2D eigenvalue weighted by Crippen LogP contribution is -1.81. The maximum atomic E-state index is 3.43. The Balaban J connectivity index is 2.33. The minimum absolute atomic E-state index is 1.04. The van der Waals surface area contributed by atoms with E-state index in [4.69, 9.17) is 0 Å². The standard InChI is InChI=1S/C14H12Br/c1-2-11-3-5-12(6-4-11)13-7-9-14(15)10-8-13/h3,5-10H,2H2,1H3. The van der Waals surface area contributed by atoms with Crippen LogP contribution >= 0.6 is 15.9 Å². The number of benzene rings is 2. The molecule has 0 aromatic heterocycles. The van der Waals surface area contributed by atoms with Gasteiger partial charge in [0.05, 0.1) is 0 Å². The summed E-state index contributed by atoms with van der Waals surface area (Å²) in [6, 6.07) is 18.0. The van der Waals surface area contributed by atoms with Crippen LogP contribution in [0.2, 0.25) is 0 Å². The molecule has 0 aliphatic rings. The predicted molar refractivity (Wildman–Crippen MR) is 67.8 cm³/mol. The second kappa shape index (κ2) is 4.63. The van der Waals surface area contributed by atoms with Gasteiger partial charge >= 0.3 is 0 Å². The second-order valence-corrected chi connectivity index (χ2v) is 4.38. The fraction of sp³-hybridized carbons (Fsp3) is 0.143. The number of halogens is 1.